The van der Waals surface area contributed by atoms with Gasteiger partial charge in [-0.05, 0) is 121 Å². The SMILES string of the molecule is CC(C)n1cnc2cc(-c3ccc4c(c3)N(C3CC(N5CCCCC5)C3)C(=O)C43CCN(C(=O)C4CCN(C(=O)C5CCN(c6ncc(C7CCC(=O)NC7=O)cn6)CC5)CC4)CC3)nc(Nc3cnccc3F)c21. The van der Waals surface area contributed by atoms with E-state index in [0.717, 1.165) is 48.3 Å². The first-order chi connectivity index (χ1) is 36.4. The topological polar surface area (TPSA) is 195 Å². The second-order valence-corrected chi connectivity index (χ2v) is 22.3. The zero-order valence-corrected chi connectivity index (χ0v) is 42.9. The maximum atomic E-state index is 15.3. The number of imide groups is 1. The fourth-order valence-corrected chi connectivity index (χ4v) is 13.2. The van der Waals surface area contributed by atoms with Crippen molar-refractivity contribution in [1.82, 2.24) is 49.5 Å². The molecule has 392 valence electrons. The highest BCUT2D eigenvalue weighted by atomic mass is 19.1. The quantitative estimate of drug-likeness (QED) is 0.142. The number of pyridine rings is 2. The predicted molar refractivity (Wildman–Crippen MR) is 279 cm³/mol. The summed E-state index contributed by atoms with van der Waals surface area (Å²) in [4.78, 5) is 101. The Labute approximate surface area is 435 Å². The van der Waals surface area contributed by atoms with Crippen LogP contribution in [-0.4, -0.2) is 138 Å². The molecule has 4 aromatic heterocycles. The Bertz CT molecular complexity index is 3020. The highest BCUT2D eigenvalue weighted by Crippen LogP contribution is 2.52. The number of nitrogens with one attached hydrogen (secondary N) is 2. The summed E-state index contributed by atoms with van der Waals surface area (Å²) in [7, 11) is 0. The first-order valence-corrected chi connectivity index (χ1v) is 27.4. The monoisotopic (exact) mass is 1020 g/mol. The molecule has 5 amide bonds. The Kier molecular flexibility index (Phi) is 13.1. The van der Waals surface area contributed by atoms with E-state index in [0.29, 0.717) is 125 Å². The third kappa shape index (κ3) is 9.07. The fraction of sp³-hybridized carbons (Fsp3) is 0.536. The van der Waals surface area contributed by atoms with Gasteiger partial charge in [0, 0.05) is 111 Å². The van der Waals surface area contributed by atoms with Gasteiger partial charge < -0.3 is 34.4 Å². The molecule has 5 saturated heterocycles. The molecule has 2 N–H and O–H groups in total. The van der Waals surface area contributed by atoms with E-state index < -0.39 is 17.2 Å². The number of benzene rings is 1. The number of piperidine rings is 5. The second kappa shape index (κ2) is 20.0. The Morgan fingerprint density at radius 2 is 1.48 bits per heavy atom. The van der Waals surface area contributed by atoms with E-state index in [1.165, 1.54) is 37.7 Å². The number of likely N-dealkylation sites (tertiary alicyclic amines) is 3. The average molecular weight is 1020 g/mol. The molecule has 0 bridgehead atoms. The predicted octanol–water partition coefficient (Wildman–Crippen LogP) is 6.65. The Morgan fingerprint density at radius 1 is 0.787 bits per heavy atom. The number of rotatable bonds is 10. The number of aromatic nitrogens is 6. The van der Waals surface area contributed by atoms with Crippen LogP contribution in [0.4, 0.5) is 27.5 Å². The highest BCUT2D eigenvalue weighted by molar-refractivity contribution is 6.09. The Balaban J connectivity index is 0.712. The normalized spacial score (nSPS) is 23.7. The van der Waals surface area contributed by atoms with Crippen LogP contribution in [0.2, 0.25) is 0 Å². The van der Waals surface area contributed by atoms with Gasteiger partial charge in [0.2, 0.25) is 35.5 Å². The van der Waals surface area contributed by atoms with Gasteiger partial charge in [0.15, 0.2) is 5.82 Å². The van der Waals surface area contributed by atoms with Crippen molar-refractivity contribution < 1.29 is 28.4 Å². The standard InChI is InChI=1S/C56H66FN13O5/c1-34(2)69-33-61-45-29-44(62-50(49(45)69)63-46-32-58-17-10-43(46)57)37-6-8-42-47(26-37)70(40-27-39(28-40)65-18-4-3-5-19-65)54(75)56(42)15-24-67(25-16-56)53(74)35-11-20-66(21-12-35)52(73)36-13-22-68(23-14-36)55-59-30-38(31-60-55)41-7-9-48(71)64-51(41)72/h6,8,10,17,26,29-36,39-41H,3-5,7,9,11-16,18-25,27-28H2,1-2H3,(H,62,63)(H,64,71,72). The van der Waals surface area contributed by atoms with Gasteiger partial charge >= 0.3 is 0 Å². The molecule has 12 rings (SSSR count). The van der Waals surface area contributed by atoms with Crippen molar-refractivity contribution in [3.05, 3.63) is 78.4 Å². The maximum Gasteiger partial charge on any atom is 0.238 e. The first kappa shape index (κ1) is 49.0. The Hall–Kier alpha value is -6.89. The molecule has 0 radical (unpaired) electrons. The van der Waals surface area contributed by atoms with E-state index in [2.05, 4.69) is 66.3 Å². The van der Waals surface area contributed by atoms with Crippen molar-refractivity contribution in [3.63, 3.8) is 0 Å². The van der Waals surface area contributed by atoms with Crippen LogP contribution < -0.4 is 20.4 Å². The molecule has 10 heterocycles. The molecule has 6 aliphatic heterocycles. The lowest BCUT2D eigenvalue weighted by Gasteiger charge is -2.48. The minimum absolute atomic E-state index is 0.0702. The number of hydrogen-bond donors (Lipinski definition) is 2. The number of carbonyl (C=O) groups is 5. The van der Waals surface area contributed by atoms with E-state index in [-0.39, 0.29) is 59.1 Å². The van der Waals surface area contributed by atoms with Gasteiger partial charge in [0.05, 0.1) is 40.8 Å². The molecule has 19 heteroatoms. The third-order valence-electron chi connectivity index (χ3n) is 17.7. The van der Waals surface area contributed by atoms with Crippen molar-refractivity contribution in [2.45, 2.75) is 127 Å². The largest absolute Gasteiger partial charge is 0.342 e. The van der Waals surface area contributed by atoms with Crippen molar-refractivity contribution in [3.8, 4) is 11.3 Å². The van der Waals surface area contributed by atoms with Gasteiger partial charge in [-0.1, -0.05) is 18.6 Å². The van der Waals surface area contributed by atoms with Crippen molar-refractivity contribution in [2.75, 3.05) is 67.5 Å². The number of fused-ring (bicyclic) bond motifs is 3. The fourth-order valence-electron chi connectivity index (χ4n) is 13.2. The molecular formula is C56H66FN13O5. The van der Waals surface area contributed by atoms with E-state index >= 15 is 9.18 Å². The van der Waals surface area contributed by atoms with Crippen LogP contribution in [0.3, 0.4) is 0 Å². The number of amides is 5. The minimum Gasteiger partial charge on any atom is -0.342 e. The van der Waals surface area contributed by atoms with Crippen molar-refractivity contribution >= 4 is 63.7 Å². The van der Waals surface area contributed by atoms with E-state index in [9.17, 15) is 19.2 Å². The molecule has 1 saturated carbocycles. The van der Waals surface area contributed by atoms with E-state index in [1.54, 1.807) is 18.7 Å². The minimum atomic E-state index is -0.754. The number of imidazole rings is 1. The molecule has 1 aliphatic carbocycles. The van der Waals surface area contributed by atoms with Gasteiger partial charge in [-0.15, -0.1) is 0 Å². The summed E-state index contributed by atoms with van der Waals surface area (Å²) in [5.41, 5.74) is 5.03. The summed E-state index contributed by atoms with van der Waals surface area (Å²) in [5, 5.41) is 5.61. The van der Waals surface area contributed by atoms with Crippen molar-refractivity contribution in [2.24, 2.45) is 11.8 Å². The van der Waals surface area contributed by atoms with Crippen LogP contribution in [0.25, 0.3) is 22.3 Å². The van der Waals surface area contributed by atoms with Gasteiger partial charge in [-0.25, -0.2) is 24.3 Å². The van der Waals surface area contributed by atoms with Gasteiger partial charge in [-0.3, -0.25) is 34.3 Å². The van der Waals surface area contributed by atoms with Crippen LogP contribution in [0, 0.1) is 17.7 Å². The van der Waals surface area contributed by atoms with Crippen LogP contribution in [0.15, 0.2) is 61.4 Å². The summed E-state index contributed by atoms with van der Waals surface area (Å²) in [6.45, 7) is 9.68. The lowest BCUT2D eigenvalue weighted by atomic mass is 9.73. The lowest BCUT2D eigenvalue weighted by molar-refractivity contribution is -0.144. The summed E-state index contributed by atoms with van der Waals surface area (Å²) in [5.74, 6) is -0.322. The summed E-state index contributed by atoms with van der Waals surface area (Å²) in [6.07, 6.45) is 17.9. The van der Waals surface area contributed by atoms with Gasteiger partial charge in [0.25, 0.3) is 0 Å². The van der Waals surface area contributed by atoms with Crippen LogP contribution in [0.1, 0.15) is 120 Å². The zero-order chi connectivity index (χ0) is 51.5. The molecule has 1 unspecified atom stereocenters. The number of anilines is 4. The zero-order valence-electron chi connectivity index (χ0n) is 42.9. The highest BCUT2D eigenvalue weighted by Gasteiger charge is 2.56. The summed E-state index contributed by atoms with van der Waals surface area (Å²) < 4.78 is 17.1. The van der Waals surface area contributed by atoms with E-state index in [1.807, 2.05) is 26.5 Å². The Morgan fingerprint density at radius 3 is 2.16 bits per heavy atom. The lowest BCUT2D eigenvalue weighted by Crippen LogP contribution is -2.58. The second-order valence-electron chi connectivity index (χ2n) is 22.3. The molecule has 5 aromatic rings. The van der Waals surface area contributed by atoms with Crippen LogP contribution in [0.5, 0.6) is 0 Å². The van der Waals surface area contributed by atoms with Gasteiger partial charge in [-0.2, -0.15) is 0 Å². The molecular weight excluding hydrogens is 954 g/mol. The van der Waals surface area contributed by atoms with E-state index in [4.69, 9.17) is 9.97 Å². The number of carbonyl (C=O) groups excluding carboxylic acids is 5. The summed E-state index contributed by atoms with van der Waals surface area (Å²) in [6, 6.07) is 10.2. The number of halogens is 1. The average Bonchev–Trinajstić information content (AvgIpc) is 3.96. The number of nitrogens with zero attached hydrogens (tertiary/aromatic N) is 11. The van der Waals surface area contributed by atoms with Crippen LogP contribution >= 0.6 is 0 Å². The molecule has 1 spiro atoms. The smallest absolute Gasteiger partial charge is 0.238 e. The number of hydrogen-bond acceptors (Lipinski definition) is 13. The molecule has 75 heavy (non-hydrogen) atoms. The third-order valence-corrected chi connectivity index (χ3v) is 17.7. The van der Waals surface area contributed by atoms with Crippen molar-refractivity contribution in [1.29, 1.82) is 0 Å². The summed E-state index contributed by atoms with van der Waals surface area (Å²) >= 11 is 0. The maximum absolute atomic E-state index is 15.3. The molecule has 6 fully saturated rings. The first-order valence-electron chi connectivity index (χ1n) is 27.4. The molecule has 1 aromatic carbocycles. The molecule has 18 nitrogen and oxygen atoms in total. The molecule has 1 atom stereocenters. The molecule has 7 aliphatic rings. The van der Waals surface area contributed by atoms with Gasteiger partial charge in [0.1, 0.15) is 11.3 Å². The van der Waals surface area contributed by atoms with Crippen LogP contribution in [-0.2, 0) is 29.4 Å².